The summed E-state index contributed by atoms with van der Waals surface area (Å²) < 4.78 is 0. The normalized spacial score (nSPS) is 17.0. The second-order valence-corrected chi connectivity index (χ2v) is 4.16. The van der Waals surface area contributed by atoms with Crippen molar-refractivity contribution in [3.63, 3.8) is 0 Å². The Morgan fingerprint density at radius 2 is 2.21 bits per heavy atom. The number of nitrogens with two attached hydrogens (primary N) is 1. The Kier molecular flexibility index (Phi) is 2.69. The van der Waals surface area contributed by atoms with Crippen LogP contribution in [-0.4, -0.2) is 37.0 Å². The van der Waals surface area contributed by atoms with E-state index in [9.17, 15) is 4.79 Å². The van der Waals surface area contributed by atoms with Gasteiger partial charge in [-0.15, -0.1) is 11.3 Å². The highest BCUT2D eigenvalue weighted by atomic mass is 32.1. The first-order valence-corrected chi connectivity index (χ1v) is 5.50. The van der Waals surface area contributed by atoms with Gasteiger partial charge in [0.25, 0.3) is 5.91 Å². The van der Waals surface area contributed by atoms with Gasteiger partial charge in [0.1, 0.15) is 4.88 Å². The third-order valence-corrected chi connectivity index (χ3v) is 3.21. The van der Waals surface area contributed by atoms with Gasteiger partial charge in [-0.3, -0.25) is 4.79 Å². The number of amides is 1. The van der Waals surface area contributed by atoms with Gasteiger partial charge in [0, 0.05) is 26.2 Å². The second kappa shape index (κ2) is 3.98. The fourth-order valence-electron chi connectivity index (χ4n) is 1.50. The number of carbonyl (C=O) groups excluding carboxylic acids is 1. The van der Waals surface area contributed by atoms with Gasteiger partial charge in [-0.25, -0.2) is 0 Å². The highest BCUT2D eigenvalue weighted by Crippen LogP contribution is 2.20. The number of nitrogens with zero attached hydrogens (tertiary/aromatic N) is 1. The van der Waals surface area contributed by atoms with Crippen LogP contribution in [0.5, 0.6) is 0 Å². The summed E-state index contributed by atoms with van der Waals surface area (Å²) in [6.07, 6.45) is 0. The second-order valence-electron chi connectivity index (χ2n) is 3.25. The van der Waals surface area contributed by atoms with Crippen LogP contribution < -0.4 is 11.1 Å². The Labute approximate surface area is 86.7 Å². The molecule has 1 aromatic heterocycles. The third kappa shape index (κ3) is 1.73. The summed E-state index contributed by atoms with van der Waals surface area (Å²) in [5.41, 5.74) is 6.29. The van der Waals surface area contributed by atoms with Crippen molar-refractivity contribution in [2.75, 3.05) is 31.9 Å². The molecule has 4 nitrogen and oxygen atoms in total. The lowest BCUT2D eigenvalue weighted by Gasteiger charge is -2.27. The molecule has 0 aliphatic carbocycles. The minimum Gasteiger partial charge on any atom is -0.397 e. The van der Waals surface area contributed by atoms with E-state index < -0.39 is 0 Å². The summed E-state index contributed by atoms with van der Waals surface area (Å²) in [6, 6.07) is 1.78. The van der Waals surface area contributed by atoms with E-state index in [1.165, 1.54) is 11.3 Å². The van der Waals surface area contributed by atoms with E-state index in [2.05, 4.69) is 5.32 Å². The highest BCUT2D eigenvalue weighted by Gasteiger charge is 2.20. The molecule has 14 heavy (non-hydrogen) atoms. The summed E-state index contributed by atoms with van der Waals surface area (Å²) in [7, 11) is 0. The van der Waals surface area contributed by atoms with E-state index in [1.807, 2.05) is 10.3 Å². The summed E-state index contributed by atoms with van der Waals surface area (Å²) >= 11 is 1.41. The van der Waals surface area contributed by atoms with Crippen molar-refractivity contribution < 1.29 is 4.79 Å². The average Bonchev–Trinajstić information content (AvgIpc) is 2.65. The highest BCUT2D eigenvalue weighted by molar-refractivity contribution is 7.12. The summed E-state index contributed by atoms with van der Waals surface area (Å²) in [4.78, 5) is 14.4. The average molecular weight is 211 g/mol. The molecular weight excluding hydrogens is 198 g/mol. The number of piperazine rings is 1. The molecular formula is C9H13N3OS. The Balaban J connectivity index is 2.11. The lowest BCUT2D eigenvalue weighted by atomic mass is 10.3. The molecule has 0 unspecified atom stereocenters. The fourth-order valence-corrected chi connectivity index (χ4v) is 2.29. The molecule has 76 valence electrons. The fraction of sp³-hybridized carbons (Fsp3) is 0.444. The summed E-state index contributed by atoms with van der Waals surface area (Å²) in [5, 5.41) is 5.06. The maximum atomic E-state index is 11.9. The van der Waals surface area contributed by atoms with Crippen molar-refractivity contribution in [2.24, 2.45) is 0 Å². The van der Waals surface area contributed by atoms with Crippen LogP contribution >= 0.6 is 11.3 Å². The van der Waals surface area contributed by atoms with Crippen LogP contribution in [0.1, 0.15) is 9.67 Å². The number of hydrogen-bond acceptors (Lipinski definition) is 4. The van der Waals surface area contributed by atoms with Gasteiger partial charge in [0.2, 0.25) is 0 Å². The van der Waals surface area contributed by atoms with Crippen LogP contribution in [-0.2, 0) is 0 Å². The number of nitrogen functional groups attached to an aromatic ring is 1. The van der Waals surface area contributed by atoms with Gasteiger partial charge in [-0.1, -0.05) is 0 Å². The zero-order valence-corrected chi connectivity index (χ0v) is 8.64. The molecule has 0 atom stereocenters. The minimum absolute atomic E-state index is 0.0685. The van der Waals surface area contributed by atoms with Crippen LogP contribution in [0.3, 0.4) is 0 Å². The number of nitrogens with one attached hydrogen (secondary N) is 1. The predicted octanol–water partition coefficient (Wildman–Crippen LogP) is 0.376. The van der Waals surface area contributed by atoms with Gasteiger partial charge in [-0.2, -0.15) is 0 Å². The first kappa shape index (κ1) is 9.48. The monoisotopic (exact) mass is 211 g/mol. The molecule has 0 radical (unpaired) electrons. The van der Waals surface area contributed by atoms with Gasteiger partial charge in [0.15, 0.2) is 0 Å². The Morgan fingerprint density at radius 1 is 1.50 bits per heavy atom. The standard InChI is InChI=1S/C9H13N3OS/c10-7-1-6-14-8(7)9(13)12-4-2-11-3-5-12/h1,6,11H,2-5,10H2. The molecule has 2 rings (SSSR count). The first-order valence-electron chi connectivity index (χ1n) is 4.62. The van der Waals surface area contributed by atoms with Crippen LogP contribution in [0, 0.1) is 0 Å². The molecule has 0 saturated carbocycles. The number of carbonyl (C=O) groups is 1. The molecule has 1 aliphatic heterocycles. The minimum atomic E-state index is 0.0685. The SMILES string of the molecule is Nc1ccsc1C(=O)N1CCNCC1. The van der Waals surface area contributed by atoms with Crippen molar-refractivity contribution in [1.82, 2.24) is 10.2 Å². The van der Waals surface area contributed by atoms with Crippen molar-refractivity contribution in [3.05, 3.63) is 16.3 Å². The number of anilines is 1. The van der Waals surface area contributed by atoms with Crippen molar-refractivity contribution in [2.45, 2.75) is 0 Å². The lowest BCUT2D eigenvalue weighted by Crippen LogP contribution is -2.46. The molecule has 0 aromatic carbocycles. The zero-order valence-electron chi connectivity index (χ0n) is 7.82. The molecule has 5 heteroatoms. The van der Waals surface area contributed by atoms with E-state index in [-0.39, 0.29) is 5.91 Å². The molecule has 1 aromatic rings. The van der Waals surface area contributed by atoms with Gasteiger partial charge >= 0.3 is 0 Å². The lowest BCUT2D eigenvalue weighted by molar-refractivity contribution is 0.0741. The predicted molar refractivity (Wildman–Crippen MR) is 57.5 cm³/mol. The van der Waals surface area contributed by atoms with Crippen molar-refractivity contribution in [3.8, 4) is 0 Å². The van der Waals surface area contributed by atoms with Crippen molar-refractivity contribution >= 4 is 22.9 Å². The zero-order chi connectivity index (χ0) is 9.97. The quantitative estimate of drug-likeness (QED) is 0.706. The molecule has 1 aliphatic rings. The smallest absolute Gasteiger partial charge is 0.266 e. The Hall–Kier alpha value is -1.07. The molecule has 1 fully saturated rings. The maximum Gasteiger partial charge on any atom is 0.266 e. The maximum absolute atomic E-state index is 11.9. The molecule has 2 heterocycles. The number of hydrogen-bond donors (Lipinski definition) is 2. The summed E-state index contributed by atoms with van der Waals surface area (Å²) in [6.45, 7) is 3.29. The topological polar surface area (TPSA) is 58.4 Å². The molecule has 1 amide bonds. The Morgan fingerprint density at radius 3 is 2.79 bits per heavy atom. The van der Waals surface area contributed by atoms with Gasteiger partial charge < -0.3 is 16.0 Å². The van der Waals surface area contributed by atoms with E-state index in [1.54, 1.807) is 6.07 Å². The summed E-state index contributed by atoms with van der Waals surface area (Å²) in [5.74, 6) is 0.0685. The largest absolute Gasteiger partial charge is 0.397 e. The number of rotatable bonds is 1. The van der Waals surface area contributed by atoms with Crippen LogP contribution in [0.15, 0.2) is 11.4 Å². The molecule has 3 N–H and O–H groups in total. The molecule has 1 saturated heterocycles. The molecule has 0 spiro atoms. The molecule has 0 bridgehead atoms. The Bertz CT molecular complexity index is 331. The van der Waals surface area contributed by atoms with Gasteiger partial charge in [0.05, 0.1) is 5.69 Å². The van der Waals surface area contributed by atoms with Crippen molar-refractivity contribution in [1.29, 1.82) is 0 Å². The van der Waals surface area contributed by atoms with Crippen LogP contribution in [0.2, 0.25) is 0 Å². The van der Waals surface area contributed by atoms with Crippen LogP contribution in [0.4, 0.5) is 5.69 Å². The third-order valence-electron chi connectivity index (χ3n) is 2.29. The van der Waals surface area contributed by atoms with Gasteiger partial charge in [-0.05, 0) is 11.4 Å². The van der Waals surface area contributed by atoms with Crippen LogP contribution in [0.25, 0.3) is 0 Å². The number of thiophene rings is 1. The van der Waals surface area contributed by atoms with E-state index in [4.69, 9.17) is 5.73 Å². The van der Waals surface area contributed by atoms with E-state index in [0.29, 0.717) is 10.6 Å². The van der Waals surface area contributed by atoms with E-state index in [0.717, 1.165) is 26.2 Å². The van der Waals surface area contributed by atoms with E-state index >= 15 is 0 Å². The first-order chi connectivity index (χ1) is 6.79.